The second-order valence-corrected chi connectivity index (χ2v) is 3.88. The average Bonchev–Trinajstić information content (AvgIpc) is 2.80. The molecule has 0 aliphatic carbocycles. The van der Waals surface area contributed by atoms with Crippen LogP contribution in [0.5, 0.6) is 5.75 Å². The molecule has 19 heavy (non-hydrogen) atoms. The van der Waals surface area contributed by atoms with Gasteiger partial charge in [-0.25, -0.2) is 4.79 Å². The molecular formula is C13H13N3O3. The Bertz CT molecular complexity index is 605. The van der Waals surface area contributed by atoms with Gasteiger partial charge in [0, 0.05) is 18.7 Å². The Kier molecular flexibility index (Phi) is 3.92. The van der Waals surface area contributed by atoms with Gasteiger partial charge in [0.25, 0.3) is 0 Å². The molecule has 0 unspecified atom stereocenters. The number of carboxylic acids is 1. The molecule has 0 saturated heterocycles. The summed E-state index contributed by atoms with van der Waals surface area (Å²) in [5.41, 5.74) is 1.41. The van der Waals surface area contributed by atoms with Crippen LogP contribution in [0.4, 0.5) is 0 Å². The summed E-state index contributed by atoms with van der Waals surface area (Å²) in [6.45, 7) is 0.283. The first-order valence-corrected chi connectivity index (χ1v) is 5.63. The van der Waals surface area contributed by atoms with Crippen molar-refractivity contribution in [3.63, 3.8) is 0 Å². The highest BCUT2D eigenvalue weighted by molar-refractivity contribution is 5.85. The van der Waals surface area contributed by atoms with Crippen molar-refractivity contribution in [1.82, 2.24) is 15.0 Å². The van der Waals surface area contributed by atoms with E-state index in [-0.39, 0.29) is 6.61 Å². The molecule has 6 nitrogen and oxygen atoms in total. The number of aryl methyl sites for hydroxylation is 1. The van der Waals surface area contributed by atoms with Gasteiger partial charge in [0.15, 0.2) is 0 Å². The van der Waals surface area contributed by atoms with Crippen LogP contribution in [0.2, 0.25) is 0 Å². The second-order valence-electron chi connectivity index (χ2n) is 3.88. The number of aliphatic carboxylic acids is 1. The van der Waals surface area contributed by atoms with Gasteiger partial charge in [-0.15, -0.1) is 5.10 Å². The van der Waals surface area contributed by atoms with E-state index in [4.69, 9.17) is 9.84 Å². The number of ether oxygens (including phenoxy) is 1. The Balaban J connectivity index is 2.09. The fourth-order valence-corrected chi connectivity index (χ4v) is 1.52. The maximum Gasteiger partial charge on any atom is 0.328 e. The summed E-state index contributed by atoms with van der Waals surface area (Å²) in [6, 6.07) is 7.20. The Hall–Kier alpha value is -2.63. The largest absolute Gasteiger partial charge is 0.487 e. The first kappa shape index (κ1) is 12.8. The van der Waals surface area contributed by atoms with Gasteiger partial charge in [0.2, 0.25) is 0 Å². The molecule has 6 heteroatoms. The molecular weight excluding hydrogens is 246 g/mol. The zero-order valence-electron chi connectivity index (χ0n) is 10.4. The SMILES string of the molecule is Cn1cc(COc2ccccc2/C=C/C(=O)O)nn1. The van der Waals surface area contributed by atoms with Gasteiger partial charge >= 0.3 is 5.97 Å². The third-order valence-electron chi connectivity index (χ3n) is 2.35. The number of carboxylic acid groups (broad SMARTS) is 1. The summed E-state index contributed by atoms with van der Waals surface area (Å²) in [4.78, 5) is 10.5. The van der Waals surface area contributed by atoms with Gasteiger partial charge in [-0.05, 0) is 12.1 Å². The van der Waals surface area contributed by atoms with E-state index in [9.17, 15) is 4.79 Å². The van der Waals surface area contributed by atoms with E-state index in [2.05, 4.69) is 10.3 Å². The lowest BCUT2D eigenvalue weighted by Gasteiger charge is -2.07. The maximum atomic E-state index is 10.5. The van der Waals surface area contributed by atoms with Crippen molar-refractivity contribution in [3.05, 3.63) is 47.8 Å². The molecule has 98 valence electrons. The number of nitrogens with zero attached hydrogens (tertiary/aromatic N) is 3. The minimum absolute atomic E-state index is 0.283. The van der Waals surface area contributed by atoms with Crippen LogP contribution in [0.15, 0.2) is 36.5 Å². The molecule has 1 aromatic heterocycles. The smallest absolute Gasteiger partial charge is 0.328 e. The van der Waals surface area contributed by atoms with Crippen LogP contribution < -0.4 is 4.74 Å². The standard InChI is InChI=1S/C13H13N3O3/c1-16-8-11(14-15-16)9-19-12-5-3-2-4-10(12)6-7-13(17)18/h2-8H,9H2,1H3,(H,17,18)/b7-6+. The highest BCUT2D eigenvalue weighted by Crippen LogP contribution is 2.20. The topological polar surface area (TPSA) is 77.2 Å². The lowest BCUT2D eigenvalue weighted by atomic mass is 10.2. The van der Waals surface area contributed by atoms with Crippen LogP contribution in [0.1, 0.15) is 11.3 Å². The number of benzene rings is 1. The Labute approximate surface area is 109 Å². The molecule has 2 aromatic rings. The molecule has 0 atom stereocenters. The van der Waals surface area contributed by atoms with Crippen LogP contribution >= 0.6 is 0 Å². The van der Waals surface area contributed by atoms with Crippen LogP contribution in [0.3, 0.4) is 0 Å². The fraction of sp³-hybridized carbons (Fsp3) is 0.154. The quantitative estimate of drug-likeness (QED) is 0.823. The Morgan fingerprint density at radius 1 is 1.47 bits per heavy atom. The Morgan fingerprint density at radius 3 is 2.95 bits per heavy atom. The minimum Gasteiger partial charge on any atom is -0.487 e. The maximum absolute atomic E-state index is 10.5. The number of carbonyl (C=O) groups is 1. The van der Waals surface area contributed by atoms with Gasteiger partial charge in [0.1, 0.15) is 18.1 Å². The summed E-state index contributed by atoms with van der Waals surface area (Å²) in [7, 11) is 1.78. The molecule has 0 saturated carbocycles. The summed E-state index contributed by atoms with van der Waals surface area (Å²) >= 11 is 0. The number of aromatic nitrogens is 3. The van der Waals surface area contributed by atoms with Crippen LogP contribution in [0, 0.1) is 0 Å². The highest BCUT2D eigenvalue weighted by Gasteiger charge is 2.03. The zero-order chi connectivity index (χ0) is 13.7. The monoisotopic (exact) mass is 259 g/mol. The van der Waals surface area contributed by atoms with E-state index in [1.54, 1.807) is 30.1 Å². The fourth-order valence-electron chi connectivity index (χ4n) is 1.52. The van der Waals surface area contributed by atoms with E-state index in [0.29, 0.717) is 17.0 Å². The van der Waals surface area contributed by atoms with Crippen molar-refractivity contribution in [2.45, 2.75) is 6.61 Å². The lowest BCUT2D eigenvalue weighted by Crippen LogP contribution is -1.97. The number of para-hydroxylation sites is 1. The van der Waals surface area contributed by atoms with E-state index < -0.39 is 5.97 Å². The zero-order valence-corrected chi connectivity index (χ0v) is 10.4. The summed E-state index contributed by atoms with van der Waals surface area (Å²) < 4.78 is 7.20. The van der Waals surface area contributed by atoms with Gasteiger partial charge in [0.05, 0.1) is 6.20 Å². The highest BCUT2D eigenvalue weighted by atomic mass is 16.5. The van der Waals surface area contributed by atoms with E-state index in [1.165, 1.54) is 6.08 Å². The third-order valence-corrected chi connectivity index (χ3v) is 2.35. The van der Waals surface area contributed by atoms with Gasteiger partial charge in [-0.2, -0.15) is 0 Å². The summed E-state index contributed by atoms with van der Waals surface area (Å²) in [5, 5.41) is 16.3. The molecule has 0 bridgehead atoms. The molecule has 0 amide bonds. The minimum atomic E-state index is -0.997. The molecule has 0 radical (unpaired) electrons. The predicted molar refractivity (Wildman–Crippen MR) is 68.4 cm³/mol. The molecule has 0 aliphatic rings. The predicted octanol–water partition coefficient (Wildman–Crippen LogP) is 1.49. The van der Waals surface area contributed by atoms with Crippen molar-refractivity contribution in [2.24, 2.45) is 7.05 Å². The molecule has 1 aromatic carbocycles. The molecule has 2 rings (SSSR count). The molecule has 1 heterocycles. The number of hydrogen-bond donors (Lipinski definition) is 1. The molecule has 1 N–H and O–H groups in total. The Morgan fingerprint density at radius 2 is 2.26 bits per heavy atom. The molecule has 0 spiro atoms. The summed E-state index contributed by atoms with van der Waals surface area (Å²) in [6.07, 6.45) is 4.33. The van der Waals surface area contributed by atoms with E-state index >= 15 is 0 Å². The van der Waals surface area contributed by atoms with Gasteiger partial charge in [-0.3, -0.25) is 4.68 Å². The van der Waals surface area contributed by atoms with Gasteiger partial charge < -0.3 is 9.84 Å². The van der Waals surface area contributed by atoms with Crippen LogP contribution in [-0.2, 0) is 18.4 Å². The summed E-state index contributed by atoms with van der Waals surface area (Å²) in [5.74, 6) is -0.394. The molecule has 0 aliphatic heterocycles. The lowest BCUT2D eigenvalue weighted by molar-refractivity contribution is -0.131. The van der Waals surface area contributed by atoms with Crippen molar-refractivity contribution >= 4 is 12.0 Å². The van der Waals surface area contributed by atoms with Crippen LogP contribution in [0.25, 0.3) is 6.08 Å². The first-order chi connectivity index (χ1) is 9.15. The van der Waals surface area contributed by atoms with E-state index in [1.807, 2.05) is 12.1 Å². The number of rotatable bonds is 5. The average molecular weight is 259 g/mol. The normalized spacial score (nSPS) is 10.8. The van der Waals surface area contributed by atoms with Crippen molar-refractivity contribution < 1.29 is 14.6 Å². The van der Waals surface area contributed by atoms with Crippen LogP contribution in [-0.4, -0.2) is 26.1 Å². The number of hydrogen-bond acceptors (Lipinski definition) is 4. The van der Waals surface area contributed by atoms with Crippen molar-refractivity contribution in [1.29, 1.82) is 0 Å². The van der Waals surface area contributed by atoms with E-state index in [0.717, 1.165) is 6.08 Å². The first-order valence-electron chi connectivity index (χ1n) is 5.63. The third kappa shape index (κ3) is 3.67. The second kappa shape index (κ2) is 5.81. The molecule has 0 fully saturated rings. The van der Waals surface area contributed by atoms with Crippen molar-refractivity contribution in [2.75, 3.05) is 0 Å². The van der Waals surface area contributed by atoms with Gasteiger partial charge in [-0.1, -0.05) is 23.4 Å². The van der Waals surface area contributed by atoms with Crippen molar-refractivity contribution in [3.8, 4) is 5.75 Å².